The lowest BCUT2D eigenvalue weighted by Crippen LogP contribution is -2.39. The maximum Gasteiger partial charge on any atom is 0.406 e. The van der Waals surface area contributed by atoms with E-state index < -0.39 is 30.1 Å². The van der Waals surface area contributed by atoms with Crippen LogP contribution >= 0.6 is 0 Å². The van der Waals surface area contributed by atoms with Crippen molar-refractivity contribution in [3.63, 3.8) is 0 Å². The van der Waals surface area contributed by atoms with E-state index in [0.29, 0.717) is 4.90 Å². The van der Waals surface area contributed by atoms with Crippen LogP contribution in [0.15, 0.2) is 47.1 Å². The zero-order chi connectivity index (χ0) is 21.2. The second-order valence-electron chi connectivity index (χ2n) is 6.07. The molecule has 0 saturated heterocycles. The van der Waals surface area contributed by atoms with Crippen LogP contribution in [0, 0.1) is 17.0 Å². The highest BCUT2D eigenvalue weighted by Gasteiger charge is 2.35. The topological polar surface area (TPSA) is 107 Å². The third kappa shape index (κ3) is 4.59. The van der Waals surface area contributed by atoms with Gasteiger partial charge in [-0.15, -0.1) is 5.10 Å². The Kier molecular flexibility index (Phi) is 5.35. The molecule has 0 N–H and O–H groups in total. The number of amides is 1. The zero-order valence-electron chi connectivity index (χ0n) is 15.0. The number of carbonyl (C=O) groups is 1. The predicted octanol–water partition coefficient (Wildman–Crippen LogP) is 3.28. The molecule has 0 unspecified atom stereocenters. The number of alkyl halides is 3. The van der Waals surface area contributed by atoms with E-state index in [9.17, 15) is 28.1 Å². The lowest BCUT2D eigenvalue weighted by atomic mass is 10.2. The third-order valence-corrected chi connectivity index (χ3v) is 3.97. The minimum atomic E-state index is -4.63. The number of nitrogens with zero attached hydrogens (tertiary/aromatic N) is 5. The Morgan fingerprint density at radius 2 is 2.07 bits per heavy atom. The maximum absolute atomic E-state index is 13.0. The largest absolute Gasteiger partial charge is 0.467 e. The van der Waals surface area contributed by atoms with Gasteiger partial charge in [0.2, 0.25) is 0 Å². The second-order valence-corrected chi connectivity index (χ2v) is 6.07. The first-order chi connectivity index (χ1) is 13.7. The first kappa shape index (κ1) is 20.0. The predicted molar refractivity (Wildman–Crippen MR) is 92.3 cm³/mol. The molecule has 0 bridgehead atoms. The zero-order valence-corrected chi connectivity index (χ0v) is 15.0. The van der Waals surface area contributed by atoms with Crippen molar-refractivity contribution in [1.29, 1.82) is 0 Å². The normalized spacial score (nSPS) is 11.4. The van der Waals surface area contributed by atoms with Gasteiger partial charge in [-0.3, -0.25) is 14.9 Å². The van der Waals surface area contributed by atoms with E-state index in [4.69, 9.17) is 4.42 Å². The summed E-state index contributed by atoms with van der Waals surface area (Å²) in [6.45, 7) is -0.477. The summed E-state index contributed by atoms with van der Waals surface area (Å²) in [5.74, 6) is -0.820. The van der Waals surface area contributed by atoms with Crippen molar-refractivity contribution < 1.29 is 27.3 Å². The molecular weight excluding hydrogens is 395 g/mol. The Morgan fingerprint density at radius 3 is 2.69 bits per heavy atom. The number of hydrogen-bond donors (Lipinski definition) is 0. The summed E-state index contributed by atoms with van der Waals surface area (Å²) in [6.07, 6.45) is -3.35. The molecule has 0 saturated carbocycles. The molecule has 1 amide bonds. The van der Waals surface area contributed by atoms with Crippen LogP contribution in [0.2, 0.25) is 0 Å². The molecule has 12 heteroatoms. The van der Waals surface area contributed by atoms with E-state index >= 15 is 0 Å². The minimum Gasteiger partial charge on any atom is -0.467 e. The number of hydrogen-bond acceptors (Lipinski definition) is 6. The monoisotopic (exact) mass is 409 g/mol. The molecular formula is C17H14F3N5O4. The number of nitro benzene ring substituents is 1. The van der Waals surface area contributed by atoms with Gasteiger partial charge in [0.15, 0.2) is 5.69 Å². The molecule has 29 heavy (non-hydrogen) atoms. The van der Waals surface area contributed by atoms with Crippen LogP contribution in [-0.4, -0.2) is 43.4 Å². The number of rotatable bonds is 6. The molecule has 0 fully saturated rings. The van der Waals surface area contributed by atoms with Gasteiger partial charge in [-0.1, -0.05) is 11.3 Å². The van der Waals surface area contributed by atoms with Gasteiger partial charge in [0.25, 0.3) is 11.6 Å². The molecule has 9 nitrogen and oxygen atoms in total. The molecule has 0 atom stereocenters. The average Bonchev–Trinajstić information content (AvgIpc) is 3.29. The molecule has 152 valence electrons. The second kappa shape index (κ2) is 7.73. The van der Waals surface area contributed by atoms with Crippen LogP contribution in [-0.2, 0) is 6.54 Å². The summed E-state index contributed by atoms with van der Waals surface area (Å²) in [5, 5.41) is 18.4. The number of furan rings is 1. The van der Waals surface area contributed by atoms with E-state index in [0.717, 1.165) is 4.68 Å². The Hall–Kier alpha value is -3.70. The van der Waals surface area contributed by atoms with Crippen molar-refractivity contribution in [1.82, 2.24) is 19.9 Å². The number of non-ortho nitro benzene ring substituents is 1. The van der Waals surface area contributed by atoms with Crippen LogP contribution in [0.1, 0.15) is 21.9 Å². The number of nitro groups is 1. The van der Waals surface area contributed by atoms with Crippen LogP contribution in [0.4, 0.5) is 18.9 Å². The van der Waals surface area contributed by atoms with Gasteiger partial charge in [0.1, 0.15) is 12.3 Å². The minimum absolute atomic E-state index is 0.141. The van der Waals surface area contributed by atoms with Gasteiger partial charge in [-0.05, 0) is 25.1 Å². The summed E-state index contributed by atoms with van der Waals surface area (Å²) in [7, 11) is 0. The van der Waals surface area contributed by atoms with Crippen molar-refractivity contribution >= 4 is 11.6 Å². The Labute approximate surface area is 161 Å². The van der Waals surface area contributed by atoms with Gasteiger partial charge < -0.3 is 9.32 Å². The molecule has 0 aliphatic rings. The van der Waals surface area contributed by atoms with Gasteiger partial charge in [0, 0.05) is 12.1 Å². The van der Waals surface area contributed by atoms with Crippen molar-refractivity contribution in [2.24, 2.45) is 0 Å². The number of carbonyl (C=O) groups excluding carboxylic acids is 1. The van der Waals surface area contributed by atoms with Crippen LogP contribution in [0.5, 0.6) is 0 Å². The highest BCUT2D eigenvalue weighted by atomic mass is 19.4. The van der Waals surface area contributed by atoms with Crippen LogP contribution in [0.25, 0.3) is 5.69 Å². The fourth-order valence-corrected chi connectivity index (χ4v) is 2.67. The number of aromatic nitrogens is 3. The van der Waals surface area contributed by atoms with E-state index in [1.807, 2.05) is 0 Å². The van der Waals surface area contributed by atoms with Gasteiger partial charge in [-0.25, -0.2) is 4.68 Å². The van der Waals surface area contributed by atoms with Gasteiger partial charge in [-0.2, -0.15) is 13.2 Å². The van der Waals surface area contributed by atoms with Crippen LogP contribution < -0.4 is 0 Å². The van der Waals surface area contributed by atoms with Crippen molar-refractivity contribution in [2.75, 3.05) is 6.54 Å². The fourth-order valence-electron chi connectivity index (χ4n) is 2.67. The van der Waals surface area contributed by atoms with E-state index in [1.54, 1.807) is 0 Å². The SMILES string of the molecule is Cc1c(C(=O)N(Cc2ccco2)CC(F)(F)F)nnn1-c1cccc([N+](=O)[O-])c1. The molecule has 0 aliphatic heterocycles. The Morgan fingerprint density at radius 1 is 1.31 bits per heavy atom. The maximum atomic E-state index is 13.0. The van der Waals surface area contributed by atoms with Crippen molar-refractivity contribution in [3.8, 4) is 5.69 Å². The van der Waals surface area contributed by atoms with Crippen molar-refractivity contribution in [2.45, 2.75) is 19.6 Å². The van der Waals surface area contributed by atoms with E-state index in [2.05, 4.69) is 10.3 Å². The quantitative estimate of drug-likeness (QED) is 0.457. The molecule has 0 spiro atoms. The third-order valence-electron chi connectivity index (χ3n) is 3.97. The Balaban J connectivity index is 1.93. The first-order valence-corrected chi connectivity index (χ1v) is 8.21. The number of halogens is 3. The molecule has 2 aromatic heterocycles. The summed E-state index contributed by atoms with van der Waals surface area (Å²) >= 11 is 0. The van der Waals surface area contributed by atoms with E-state index in [1.165, 1.54) is 49.6 Å². The first-order valence-electron chi connectivity index (χ1n) is 8.21. The summed E-state index contributed by atoms with van der Waals surface area (Å²) in [6, 6.07) is 8.35. The smallest absolute Gasteiger partial charge is 0.406 e. The summed E-state index contributed by atoms with van der Waals surface area (Å²) in [5.41, 5.74) is -0.118. The highest BCUT2D eigenvalue weighted by molar-refractivity contribution is 5.93. The van der Waals surface area contributed by atoms with E-state index in [-0.39, 0.29) is 28.5 Å². The molecule has 2 heterocycles. The van der Waals surface area contributed by atoms with Crippen LogP contribution in [0.3, 0.4) is 0 Å². The number of benzene rings is 1. The molecule has 3 rings (SSSR count). The fraction of sp³-hybridized carbons (Fsp3) is 0.235. The van der Waals surface area contributed by atoms with Gasteiger partial charge in [0.05, 0.1) is 29.1 Å². The molecule has 0 aliphatic carbocycles. The lowest BCUT2D eigenvalue weighted by Gasteiger charge is -2.22. The highest BCUT2D eigenvalue weighted by Crippen LogP contribution is 2.22. The van der Waals surface area contributed by atoms with Gasteiger partial charge >= 0.3 is 6.18 Å². The van der Waals surface area contributed by atoms with Crippen molar-refractivity contribution in [3.05, 3.63) is 69.9 Å². The molecule has 3 aromatic rings. The summed E-state index contributed by atoms with van der Waals surface area (Å²) < 4.78 is 45.1. The molecule has 1 aromatic carbocycles. The summed E-state index contributed by atoms with van der Waals surface area (Å²) in [4.78, 5) is 23.6. The standard InChI is InChI=1S/C17H14F3N5O4/c1-11-15(21-22-24(11)12-4-2-5-13(8-12)25(27)28)16(26)23(10-17(18,19)20)9-14-6-3-7-29-14/h2-8H,9-10H2,1H3. The molecule has 0 radical (unpaired) electrons. The Bertz CT molecular complexity index is 1030. The lowest BCUT2D eigenvalue weighted by molar-refractivity contribution is -0.384. The average molecular weight is 409 g/mol.